The molecule has 1 saturated heterocycles. The Bertz CT molecular complexity index is 781. The molecule has 4 rings (SSSR count). The molecule has 1 aliphatic carbocycles. The molecule has 0 bridgehead atoms. The van der Waals surface area contributed by atoms with Crippen molar-refractivity contribution in [3.63, 3.8) is 0 Å². The van der Waals surface area contributed by atoms with E-state index in [0.717, 1.165) is 49.0 Å². The van der Waals surface area contributed by atoms with Crippen LogP contribution in [-0.2, 0) is 4.74 Å². The molecule has 1 aliphatic heterocycles. The van der Waals surface area contributed by atoms with Crippen molar-refractivity contribution in [3.8, 4) is 5.82 Å². The van der Waals surface area contributed by atoms with E-state index in [-0.39, 0.29) is 6.04 Å². The summed E-state index contributed by atoms with van der Waals surface area (Å²) in [6.07, 6.45) is 2.15. The molecule has 27 heavy (non-hydrogen) atoms. The number of halogens is 1. The van der Waals surface area contributed by atoms with Crippen LogP contribution in [0.25, 0.3) is 5.82 Å². The highest BCUT2D eigenvalue weighted by Crippen LogP contribution is 2.25. The van der Waals surface area contributed by atoms with E-state index in [1.54, 1.807) is 0 Å². The van der Waals surface area contributed by atoms with Crippen LogP contribution in [-0.4, -0.2) is 58.3 Å². The van der Waals surface area contributed by atoms with Crippen LogP contribution >= 0.6 is 0 Å². The number of ether oxygens (including phenoxy) is 1. The normalized spacial score (nSPS) is 23.4. The van der Waals surface area contributed by atoms with Crippen LogP contribution < -0.4 is 10.2 Å². The number of aryl methyl sites for hydroxylation is 2. The topological polar surface area (TPSA) is 68.1 Å². The number of hydrogen-bond donors (Lipinski definition) is 1. The van der Waals surface area contributed by atoms with Gasteiger partial charge in [-0.1, -0.05) is 0 Å². The minimum absolute atomic E-state index is 0.213. The van der Waals surface area contributed by atoms with E-state index in [9.17, 15) is 4.39 Å². The van der Waals surface area contributed by atoms with Gasteiger partial charge in [-0.15, -0.1) is 0 Å². The highest BCUT2D eigenvalue weighted by atomic mass is 19.1. The lowest BCUT2D eigenvalue weighted by Gasteiger charge is -2.29. The maximum absolute atomic E-state index is 13.4. The second-order valence-corrected chi connectivity index (χ2v) is 7.44. The number of alkyl halides is 1. The zero-order valence-electron chi connectivity index (χ0n) is 16.0. The maximum atomic E-state index is 13.4. The smallest absolute Gasteiger partial charge is 0.226 e. The van der Waals surface area contributed by atoms with Crippen molar-refractivity contribution in [1.29, 1.82) is 0 Å². The van der Waals surface area contributed by atoms with Crippen molar-refractivity contribution in [2.45, 2.75) is 51.7 Å². The molecule has 2 aromatic rings. The lowest BCUT2D eigenvalue weighted by Crippen LogP contribution is -2.37. The third-order valence-corrected chi connectivity index (χ3v) is 5.25. The molecular weight excluding hydrogens is 347 g/mol. The summed E-state index contributed by atoms with van der Waals surface area (Å²) in [6, 6.07) is 4.23. The van der Waals surface area contributed by atoms with Gasteiger partial charge in [-0.05, 0) is 45.6 Å². The van der Waals surface area contributed by atoms with Crippen LogP contribution in [0.2, 0.25) is 0 Å². The second kappa shape index (κ2) is 7.80. The van der Waals surface area contributed by atoms with Crippen molar-refractivity contribution in [1.82, 2.24) is 19.7 Å². The Balaban J connectivity index is 1.64. The van der Waals surface area contributed by atoms with Gasteiger partial charge in [0.1, 0.15) is 12.0 Å². The molecule has 0 amide bonds. The fraction of sp³-hybridized carbons (Fsp3) is 0.632. The summed E-state index contributed by atoms with van der Waals surface area (Å²) >= 11 is 0. The number of aromatic nitrogens is 4. The van der Waals surface area contributed by atoms with Crippen molar-refractivity contribution >= 4 is 11.8 Å². The first-order valence-electron chi connectivity index (χ1n) is 9.74. The van der Waals surface area contributed by atoms with Gasteiger partial charge in [-0.3, -0.25) is 0 Å². The van der Waals surface area contributed by atoms with E-state index < -0.39 is 6.17 Å². The maximum Gasteiger partial charge on any atom is 0.226 e. The molecule has 7 nitrogen and oxygen atoms in total. The first kappa shape index (κ1) is 18.2. The standard InChI is InChI=1S/C19H27FN6O/c1-13-11-14(2)26(24-13)18-12-17(25-7-9-27-10-8-25)22-19(23-18)21-16-5-3-15(20)4-6-16/h11-12,15-16H,3-10H2,1-2H3,(H,21,22,23). The lowest BCUT2D eigenvalue weighted by atomic mass is 9.94. The Morgan fingerprint density at radius 1 is 1.04 bits per heavy atom. The molecule has 146 valence electrons. The molecule has 1 saturated carbocycles. The third-order valence-electron chi connectivity index (χ3n) is 5.25. The molecule has 0 aromatic carbocycles. The predicted molar refractivity (Wildman–Crippen MR) is 102 cm³/mol. The summed E-state index contributed by atoms with van der Waals surface area (Å²) in [6.45, 7) is 7.00. The van der Waals surface area contributed by atoms with Crippen LogP contribution in [0.5, 0.6) is 0 Å². The van der Waals surface area contributed by atoms with Crippen molar-refractivity contribution in [3.05, 3.63) is 23.5 Å². The molecule has 2 fully saturated rings. The summed E-state index contributed by atoms with van der Waals surface area (Å²) in [4.78, 5) is 11.7. The molecule has 8 heteroatoms. The van der Waals surface area contributed by atoms with Crippen molar-refractivity contribution < 1.29 is 9.13 Å². The largest absolute Gasteiger partial charge is 0.378 e. The predicted octanol–water partition coefficient (Wildman–Crippen LogP) is 2.81. The van der Waals surface area contributed by atoms with E-state index in [2.05, 4.69) is 15.3 Å². The zero-order chi connectivity index (χ0) is 18.8. The number of morpholine rings is 1. The number of nitrogens with zero attached hydrogens (tertiary/aromatic N) is 5. The molecular formula is C19H27FN6O. The summed E-state index contributed by atoms with van der Waals surface area (Å²) in [5.41, 5.74) is 1.98. The van der Waals surface area contributed by atoms with Gasteiger partial charge in [-0.25, -0.2) is 9.07 Å². The summed E-state index contributed by atoms with van der Waals surface area (Å²) in [5, 5.41) is 8.00. The molecule has 1 N–H and O–H groups in total. The number of rotatable bonds is 4. The Hall–Kier alpha value is -2.22. The quantitative estimate of drug-likeness (QED) is 0.888. The SMILES string of the molecule is Cc1cc(C)n(-c2cc(N3CCOCC3)nc(NC3CCC(F)CC3)n2)n1. The van der Waals surface area contributed by atoms with E-state index in [4.69, 9.17) is 14.7 Å². The first-order chi connectivity index (χ1) is 13.1. The summed E-state index contributed by atoms with van der Waals surface area (Å²) in [7, 11) is 0. The van der Waals surface area contributed by atoms with Crippen LogP contribution in [0.1, 0.15) is 37.1 Å². The van der Waals surface area contributed by atoms with Gasteiger partial charge < -0.3 is 15.0 Å². The summed E-state index contributed by atoms with van der Waals surface area (Å²) < 4.78 is 20.8. The summed E-state index contributed by atoms with van der Waals surface area (Å²) in [5.74, 6) is 2.21. The number of anilines is 2. The monoisotopic (exact) mass is 374 g/mol. The average molecular weight is 374 g/mol. The minimum atomic E-state index is -0.672. The Labute approximate surface area is 158 Å². The highest BCUT2D eigenvalue weighted by molar-refractivity contribution is 5.50. The fourth-order valence-corrected chi connectivity index (χ4v) is 3.79. The second-order valence-electron chi connectivity index (χ2n) is 7.44. The molecule has 2 aromatic heterocycles. The van der Waals surface area contributed by atoms with Crippen molar-refractivity contribution in [2.24, 2.45) is 0 Å². The third kappa shape index (κ3) is 4.21. The van der Waals surface area contributed by atoms with Gasteiger partial charge >= 0.3 is 0 Å². The highest BCUT2D eigenvalue weighted by Gasteiger charge is 2.22. The first-order valence-corrected chi connectivity index (χ1v) is 9.74. The number of hydrogen-bond acceptors (Lipinski definition) is 6. The zero-order valence-corrected chi connectivity index (χ0v) is 16.0. The molecule has 3 heterocycles. The van der Waals surface area contributed by atoms with E-state index in [0.29, 0.717) is 32.0 Å². The van der Waals surface area contributed by atoms with E-state index in [1.807, 2.05) is 30.7 Å². The Morgan fingerprint density at radius 3 is 2.41 bits per heavy atom. The minimum Gasteiger partial charge on any atom is -0.378 e. The van der Waals surface area contributed by atoms with Crippen LogP contribution in [0.3, 0.4) is 0 Å². The van der Waals surface area contributed by atoms with E-state index >= 15 is 0 Å². The molecule has 0 radical (unpaired) electrons. The van der Waals surface area contributed by atoms with Gasteiger partial charge in [0.15, 0.2) is 5.82 Å². The van der Waals surface area contributed by atoms with Gasteiger partial charge in [0, 0.05) is 30.9 Å². The van der Waals surface area contributed by atoms with Gasteiger partial charge in [0.2, 0.25) is 5.95 Å². The van der Waals surface area contributed by atoms with Crippen LogP contribution in [0.4, 0.5) is 16.2 Å². The Morgan fingerprint density at radius 2 is 1.74 bits per heavy atom. The lowest BCUT2D eigenvalue weighted by molar-refractivity contribution is 0.122. The van der Waals surface area contributed by atoms with Gasteiger partial charge in [0.25, 0.3) is 0 Å². The van der Waals surface area contributed by atoms with Crippen LogP contribution in [0, 0.1) is 13.8 Å². The molecule has 0 atom stereocenters. The van der Waals surface area contributed by atoms with Crippen LogP contribution in [0.15, 0.2) is 12.1 Å². The fourth-order valence-electron chi connectivity index (χ4n) is 3.79. The number of nitrogens with one attached hydrogen (secondary N) is 1. The Kier molecular flexibility index (Phi) is 5.24. The van der Waals surface area contributed by atoms with E-state index in [1.165, 1.54) is 0 Å². The van der Waals surface area contributed by atoms with Crippen molar-refractivity contribution in [2.75, 3.05) is 36.5 Å². The average Bonchev–Trinajstić information content (AvgIpc) is 3.02. The van der Waals surface area contributed by atoms with Gasteiger partial charge in [0.05, 0.1) is 18.9 Å². The van der Waals surface area contributed by atoms with Gasteiger partial charge in [-0.2, -0.15) is 15.1 Å². The molecule has 0 spiro atoms. The molecule has 2 aliphatic rings. The molecule has 0 unspecified atom stereocenters.